The molecule has 11 heavy (non-hydrogen) atoms. The van der Waals surface area contributed by atoms with E-state index in [1.54, 1.807) is 6.07 Å². The van der Waals surface area contributed by atoms with Gasteiger partial charge in [0.15, 0.2) is 0 Å². The van der Waals surface area contributed by atoms with E-state index in [4.69, 9.17) is 5.26 Å². The fraction of sp³-hybridized carbons (Fsp3) is 0.300. The Morgan fingerprint density at radius 3 is 3.00 bits per heavy atom. The molecule has 1 nitrogen and oxygen atoms in total. The average molecular weight is 142 g/mol. The Bertz CT molecular complexity index is 305. The third kappa shape index (κ3) is 1.12. The second kappa shape index (κ2) is 2.39. The number of hydrogen-bond acceptors (Lipinski definition) is 1. The van der Waals surface area contributed by atoms with Gasteiger partial charge in [-0.3, -0.25) is 0 Å². The second-order valence-electron chi connectivity index (χ2n) is 2.89. The van der Waals surface area contributed by atoms with Crippen LogP contribution in [0.5, 0.6) is 0 Å². The van der Waals surface area contributed by atoms with Crippen molar-refractivity contribution in [3.05, 3.63) is 35.4 Å². The monoisotopic (exact) mass is 142 g/mol. The summed E-state index contributed by atoms with van der Waals surface area (Å²) in [5, 5.41) is 8.71. The van der Waals surface area contributed by atoms with Crippen LogP contribution in [0.15, 0.2) is 18.2 Å². The topological polar surface area (TPSA) is 23.8 Å². The summed E-state index contributed by atoms with van der Waals surface area (Å²) in [6.45, 7) is 0. The van der Waals surface area contributed by atoms with E-state index in [1.807, 2.05) is 12.1 Å². The molecule has 1 aromatic rings. The molecule has 1 radical (unpaired) electrons. The Hall–Kier alpha value is -1.29. The van der Waals surface area contributed by atoms with Crippen molar-refractivity contribution in [2.45, 2.75) is 18.8 Å². The lowest BCUT2D eigenvalue weighted by Gasteiger charge is -1.97. The lowest BCUT2D eigenvalue weighted by molar-refractivity contribution is 1.12. The van der Waals surface area contributed by atoms with Crippen LogP contribution in [0.2, 0.25) is 0 Å². The average Bonchev–Trinajstić information content (AvgIpc) is 2.87. The van der Waals surface area contributed by atoms with Crippen LogP contribution in [0.4, 0.5) is 0 Å². The summed E-state index contributed by atoms with van der Waals surface area (Å²) in [5.41, 5.74) is 1.92. The molecule has 0 aromatic heterocycles. The number of nitrogens with zero attached hydrogens (tertiary/aromatic N) is 1. The van der Waals surface area contributed by atoms with E-state index in [-0.39, 0.29) is 0 Å². The standard InChI is InChI=1S/C10H8N/c11-7-9-3-1-2-4-10(9)8-5-6-8/h1-2,4,8H,5-6H2. The van der Waals surface area contributed by atoms with E-state index in [0.29, 0.717) is 5.92 Å². The Morgan fingerprint density at radius 1 is 1.55 bits per heavy atom. The number of benzene rings is 1. The van der Waals surface area contributed by atoms with Crippen molar-refractivity contribution in [3.63, 3.8) is 0 Å². The maximum atomic E-state index is 8.71. The quantitative estimate of drug-likeness (QED) is 0.589. The molecule has 0 bridgehead atoms. The lowest BCUT2D eigenvalue weighted by Crippen LogP contribution is -1.84. The molecule has 1 saturated carbocycles. The first-order valence-electron chi connectivity index (χ1n) is 3.82. The first-order chi connectivity index (χ1) is 5.42. The number of hydrogen-bond donors (Lipinski definition) is 0. The van der Waals surface area contributed by atoms with E-state index in [2.05, 4.69) is 12.1 Å². The van der Waals surface area contributed by atoms with Gasteiger partial charge in [-0.15, -0.1) is 0 Å². The van der Waals surface area contributed by atoms with Crippen LogP contribution in [0.25, 0.3) is 0 Å². The van der Waals surface area contributed by atoms with Gasteiger partial charge in [0.2, 0.25) is 0 Å². The van der Waals surface area contributed by atoms with Crippen LogP contribution in [0, 0.1) is 17.4 Å². The minimum absolute atomic E-state index is 0.655. The van der Waals surface area contributed by atoms with E-state index in [1.165, 1.54) is 18.4 Å². The van der Waals surface area contributed by atoms with Gasteiger partial charge in [0, 0.05) is 6.07 Å². The molecule has 0 amide bonds. The van der Waals surface area contributed by atoms with E-state index >= 15 is 0 Å². The highest BCUT2D eigenvalue weighted by atomic mass is 14.3. The molecule has 1 aliphatic carbocycles. The zero-order valence-electron chi connectivity index (χ0n) is 6.17. The molecule has 53 valence electrons. The van der Waals surface area contributed by atoms with Gasteiger partial charge in [-0.05, 0) is 24.3 Å². The molecule has 1 aromatic carbocycles. The van der Waals surface area contributed by atoms with Crippen LogP contribution >= 0.6 is 0 Å². The normalized spacial score (nSPS) is 15.9. The molecule has 0 saturated heterocycles. The zero-order chi connectivity index (χ0) is 7.68. The van der Waals surface area contributed by atoms with Crippen LogP contribution in [-0.2, 0) is 0 Å². The highest BCUT2D eigenvalue weighted by molar-refractivity contribution is 5.40. The van der Waals surface area contributed by atoms with Gasteiger partial charge in [0.25, 0.3) is 0 Å². The molecule has 0 atom stereocenters. The summed E-state index contributed by atoms with van der Waals surface area (Å²) in [6.07, 6.45) is 2.49. The third-order valence-corrected chi connectivity index (χ3v) is 2.02. The third-order valence-electron chi connectivity index (χ3n) is 2.02. The van der Waals surface area contributed by atoms with Gasteiger partial charge < -0.3 is 0 Å². The largest absolute Gasteiger partial charge is 0.192 e. The Balaban J connectivity index is 2.44. The maximum Gasteiger partial charge on any atom is 0.100 e. The SMILES string of the molecule is N#Cc1[c]cccc1C1CC1. The summed E-state index contributed by atoms with van der Waals surface area (Å²) in [4.78, 5) is 0. The van der Waals surface area contributed by atoms with Crippen molar-refractivity contribution in [3.8, 4) is 6.07 Å². The fourth-order valence-corrected chi connectivity index (χ4v) is 1.28. The molecule has 0 spiro atoms. The summed E-state index contributed by atoms with van der Waals surface area (Å²) in [6, 6.07) is 10.9. The Morgan fingerprint density at radius 2 is 2.36 bits per heavy atom. The highest BCUT2D eigenvalue weighted by Crippen LogP contribution is 2.41. The molecule has 0 heterocycles. The van der Waals surface area contributed by atoms with Crippen molar-refractivity contribution >= 4 is 0 Å². The number of nitriles is 1. The molecule has 0 aliphatic heterocycles. The van der Waals surface area contributed by atoms with Crippen molar-refractivity contribution in [2.24, 2.45) is 0 Å². The molecular formula is C10H8N. The van der Waals surface area contributed by atoms with Crippen molar-refractivity contribution in [1.82, 2.24) is 0 Å². The van der Waals surface area contributed by atoms with Crippen LogP contribution in [0.3, 0.4) is 0 Å². The Labute approximate surface area is 66.3 Å². The van der Waals surface area contributed by atoms with Gasteiger partial charge in [0.1, 0.15) is 6.07 Å². The lowest BCUT2D eigenvalue weighted by atomic mass is 10.0. The van der Waals surface area contributed by atoms with E-state index < -0.39 is 0 Å². The predicted octanol–water partition coefficient (Wildman–Crippen LogP) is 2.24. The van der Waals surface area contributed by atoms with Crippen molar-refractivity contribution in [2.75, 3.05) is 0 Å². The van der Waals surface area contributed by atoms with Crippen molar-refractivity contribution in [1.29, 1.82) is 5.26 Å². The van der Waals surface area contributed by atoms with Crippen LogP contribution in [0.1, 0.15) is 29.9 Å². The smallest absolute Gasteiger partial charge is 0.100 e. The van der Waals surface area contributed by atoms with Gasteiger partial charge >= 0.3 is 0 Å². The summed E-state index contributed by atoms with van der Waals surface area (Å²) < 4.78 is 0. The first kappa shape index (κ1) is 6.42. The van der Waals surface area contributed by atoms with Crippen LogP contribution in [-0.4, -0.2) is 0 Å². The minimum Gasteiger partial charge on any atom is -0.192 e. The second-order valence-corrected chi connectivity index (χ2v) is 2.89. The van der Waals surface area contributed by atoms with Gasteiger partial charge in [0.05, 0.1) is 5.56 Å². The summed E-state index contributed by atoms with van der Waals surface area (Å²) in [5.74, 6) is 0.655. The van der Waals surface area contributed by atoms with Crippen molar-refractivity contribution < 1.29 is 0 Å². The molecule has 1 fully saturated rings. The summed E-state index contributed by atoms with van der Waals surface area (Å²) >= 11 is 0. The fourth-order valence-electron chi connectivity index (χ4n) is 1.28. The van der Waals surface area contributed by atoms with E-state index in [9.17, 15) is 0 Å². The van der Waals surface area contributed by atoms with Gasteiger partial charge in [-0.1, -0.05) is 18.2 Å². The zero-order valence-corrected chi connectivity index (χ0v) is 6.17. The molecular weight excluding hydrogens is 134 g/mol. The molecule has 2 rings (SSSR count). The maximum absolute atomic E-state index is 8.71. The van der Waals surface area contributed by atoms with Crippen LogP contribution < -0.4 is 0 Å². The summed E-state index contributed by atoms with van der Waals surface area (Å²) in [7, 11) is 0. The minimum atomic E-state index is 0.655. The van der Waals surface area contributed by atoms with E-state index in [0.717, 1.165) is 5.56 Å². The first-order valence-corrected chi connectivity index (χ1v) is 3.82. The van der Waals surface area contributed by atoms with Gasteiger partial charge in [-0.25, -0.2) is 0 Å². The molecule has 1 heteroatoms. The predicted molar refractivity (Wildman–Crippen MR) is 42.0 cm³/mol. The Kier molecular flexibility index (Phi) is 1.40. The molecule has 0 N–H and O–H groups in total. The highest BCUT2D eigenvalue weighted by Gasteiger charge is 2.25. The molecule has 0 unspecified atom stereocenters. The number of rotatable bonds is 1. The molecule has 1 aliphatic rings. The van der Waals surface area contributed by atoms with Gasteiger partial charge in [-0.2, -0.15) is 5.26 Å².